The van der Waals surface area contributed by atoms with Gasteiger partial charge in [0.2, 0.25) is 17.7 Å². The van der Waals surface area contributed by atoms with Crippen molar-refractivity contribution in [1.29, 1.82) is 0 Å². The van der Waals surface area contributed by atoms with Gasteiger partial charge in [-0.15, -0.1) is 0 Å². The average Bonchev–Trinajstić information content (AvgIpc) is 2.93. The molecule has 0 aliphatic carbocycles. The predicted molar refractivity (Wildman–Crippen MR) is 106 cm³/mol. The lowest BCUT2D eigenvalue weighted by Crippen LogP contribution is -2.33. The molecule has 1 saturated heterocycles. The lowest BCUT2D eigenvalue weighted by molar-refractivity contribution is -0.140. The van der Waals surface area contributed by atoms with Crippen molar-refractivity contribution in [2.75, 3.05) is 66.3 Å². The predicted octanol–water partition coefficient (Wildman–Crippen LogP) is 0.285. The van der Waals surface area contributed by atoms with E-state index in [-0.39, 0.29) is 43.0 Å². The molecular formula is C19H37N3O7. The van der Waals surface area contributed by atoms with E-state index in [0.29, 0.717) is 52.7 Å². The van der Waals surface area contributed by atoms with Crippen LogP contribution in [0.4, 0.5) is 0 Å². The normalized spacial score (nSPS) is 16.2. The van der Waals surface area contributed by atoms with Crippen molar-refractivity contribution in [2.45, 2.75) is 33.6 Å². The van der Waals surface area contributed by atoms with E-state index in [0.717, 1.165) is 5.06 Å². The van der Waals surface area contributed by atoms with Gasteiger partial charge in [0.1, 0.15) is 0 Å². The third kappa shape index (κ3) is 13.3. The number of amides is 3. The topological polar surface area (TPSA) is 118 Å². The first kappa shape index (κ1) is 27.4. The Labute approximate surface area is 173 Å². The van der Waals surface area contributed by atoms with E-state index in [4.69, 9.17) is 19.4 Å². The van der Waals surface area contributed by atoms with Crippen LogP contribution in [0.2, 0.25) is 0 Å². The molecule has 0 spiro atoms. The van der Waals surface area contributed by atoms with E-state index in [1.165, 1.54) is 11.9 Å². The molecule has 2 N–H and O–H groups in total. The highest BCUT2D eigenvalue weighted by atomic mass is 16.5. The van der Waals surface area contributed by atoms with Gasteiger partial charge in [-0.25, -0.2) is 0 Å². The molecule has 1 aliphatic heterocycles. The molecule has 1 unspecified atom stereocenters. The Morgan fingerprint density at radius 2 is 1.66 bits per heavy atom. The molecule has 1 aliphatic rings. The summed E-state index contributed by atoms with van der Waals surface area (Å²) in [6.07, 6.45) is 0.536. The van der Waals surface area contributed by atoms with Gasteiger partial charge in [0.05, 0.1) is 46.2 Å². The van der Waals surface area contributed by atoms with Crippen LogP contribution < -0.4 is 5.32 Å². The fraction of sp³-hybridized carbons (Fsp3) is 0.842. The monoisotopic (exact) mass is 419 g/mol. The van der Waals surface area contributed by atoms with E-state index in [9.17, 15) is 14.4 Å². The summed E-state index contributed by atoms with van der Waals surface area (Å²) in [6, 6.07) is 0. The molecule has 0 bridgehead atoms. The zero-order chi connectivity index (χ0) is 22.1. The zero-order valence-electron chi connectivity index (χ0n) is 18.1. The molecule has 10 heteroatoms. The lowest BCUT2D eigenvalue weighted by Gasteiger charge is -2.14. The number of ether oxygens (including phenoxy) is 3. The van der Waals surface area contributed by atoms with Crippen LogP contribution in [-0.2, 0) is 28.6 Å². The number of imide groups is 1. The highest BCUT2D eigenvalue weighted by Gasteiger charge is 2.34. The first-order chi connectivity index (χ1) is 13.9. The van der Waals surface area contributed by atoms with E-state index in [2.05, 4.69) is 5.32 Å². The zero-order valence-corrected chi connectivity index (χ0v) is 18.1. The van der Waals surface area contributed by atoms with Gasteiger partial charge in [-0.3, -0.25) is 19.3 Å². The molecule has 1 fully saturated rings. The molecular weight excluding hydrogens is 382 g/mol. The largest absolute Gasteiger partial charge is 0.379 e. The first-order valence-electron chi connectivity index (χ1n) is 10.2. The average molecular weight is 420 g/mol. The van der Waals surface area contributed by atoms with E-state index in [1.807, 2.05) is 13.8 Å². The Bertz CT molecular complexity index is 475. The number of nitrogens with one attached hydrogen (secondary N) is 1. The Balaban J connectivity index is 0.00000379. The number of nitrogens with zero attached hydrogens (tertiary/aromatic N) is 2. The number of hydroxylamine groups is 2. The maximum Gasteiger partial charge on any atom is 0.232 e. The second-order valence-corrected chi connectivity index (χ2v) is 6.31. The minimum absolute atomic E-state index is 0.129. The summed E-state index contributed by atoms with van der Waals surface area (Å²) in [5.74, 6) is -0.630. The van der Waals surface area contributed by atoms with E-state index in [1.54, 1.807) is 6.92 Å². The smallest absolute Gasteiger partial charge is 0.232 e. The van der Waals surface area contributed by atoms with Gasteiger partial charge in [0, 0.05) is 38.9 Å². The minimum atomic E-state index is -0.228. The number of hydrogen-bond donors (Lipinski definition) is 2. The molecule has 0 aromatic heterocycles. The second-order valence-electron chi connectivity index (χ2n) is 6.31. The summed E-state index contributed by atoms with van der Waals surface area (Å²) in [7, 11) is 1.51. The third-order valence-corrected chi connectivity index (χ3v) is 3.90. The molecule has 1 rings (SSSR count). The Kier molecular flexibility index (Phi) is 16.3. The molecule has 3 amide bonds. The maximum absolute atomic E-state index is 11.7. The van der Waals surface area contributed by atoms with Crippen LogP contribution in [0.3, 0.4) is 0 Å². The number of hydrogen-bond acceptors (Lipinski definition) is 8. The summed E-state index contributed by atoms with van der Waals surface area (Å²) in [5.41, 5.74) is 0. The summed E-state index contributed by atoms with van der Waals surface area (Å²) in [5, 5.41) is 12.6. The summed E-state index contributed by atoms with van der Waals surface area (Å²) < 4.78 is 16.0. The summed E-state index contributed by atoms with van der Waals surface area (Å²) in [4.78, 5) is 36.0. The molecule has 1 heterocycles. The van der Waals surface area contributed by atoms with Crippen LogP contribution in [0.5, 0.6) is 0 Å². The van der Waals surface area contributed by atoms with Gasteiger partial charge in [0.15, 0.2) is 0 Å². The van der Waals surface area contributed by atoms with Crippen molar-refractivity contribution in [1.82, 2.24) is 15.3 Å². The summed E-state index contributed by atoms with van der Waals surface area (Å²) in [6.45, 7) is 8.90. The maximum atomic E-state index is 11.7. The van der Waals surface area contributed by atoms with Gasteiger partial charge in [-0.1, -0.05) is 20.8 Å². The molecule has 0 aromatic rings. The number of carbonyl (C=O) groups is 3. The first-order valence-corrected chi connectivity index (χ1v) is 10.2. The SMILES string of the molecule is CC.CC1CC(=O)N(CCOCCOCCOCCC(=O)NCCN(C)O)C1=O. The van der Waals surface area contributed by atoms with E-state index >= 15 is 0 Å². The van der Waals surface area contributed by atoms with Crippen LogP contribution in [0.25, 0.3) is 0 Å². The fourth-order valence-corrected chi connectivity index (χ4v) is 2.39. The molecule has 170 valence electrons. The van der Waals surface area contributed by atoms with Gasteiger partial charge < -0.3 is 24.7 Å². The van der Waals surface area contributed by atoms with Crippen molar-refractivity contribution in [3.63, 3.8) is 0 Å². The van der Waals surface area contributed by atoms with Gasteiger partial charge in [-0.05, 0) is 0 Å². The standard InChI is InChI=1S/C17H31N3O7.C2H6/c1-14-13-16(22)20(17(14)23)6-8-26-10-12-27-11-9-25-7-3-15(21)18-4-5-19(2)24;1-2/h14,24H,3-13H2,1-2H3,(H,18,21);1-2H3. The van der Waals surface area contributed by atoms with Gasteiger partial charge in [0.25, 0.3) is 0 Å². The number of rotatable bonds is 15. The quantitative estimate of drug-likeness (QED) is 0.221. The molecule has 0 saturated carbocycles. The fourth-order valence-electron chi connectivity index (χ4n) is 2.39. The minimum Gasteiger partial charge on any atom is -0.379 e. The van der Waals surface area contributed by atoms with Crippen molar-refractivity contribution in [2.24, 2.45) is 5.92 Å². The Hall–Kier alpha value is -1.59. The van der Waals surface area contributed by atoms with Crippen LogP contribution in [0, 0.1) is 5.92 Å². The Morgan fingerprint density at radius 3 is 2.17 bits per heavy atom. The van der Waals surface area contributed by atoms with Crippen molar-refractivity contribution < 1.29 is 33.8 Å². The molecule has 1 atom stereocenters. The van der Waals surface area contributed by atoms with Crippen LogP contribution in [0.15, 0.2) is 0 Å². The van der Waals surface area contributed by atoms with Crippen molar-refractivity contribution in [3.05, 3.63) is 0 Å². The lowest BCUT2D eigenvalue weighted by atomic mass is 10.1. The van der Waals surface area contributed by atoms with Gasteiger partial charge >= 0.3 is 0 Å². The van der Waals surface area contributed by atoms with Crippen molar-refractivity contribution >= 4 is 17.7 Å². The van der Waals surface area contributed by atoms with Crippen molar-refractivity contribution in [3.8, 4) is 0 Å². The van der Waals surface area contributed by atoms with Crippen LogP contribution in [-0.4, -0.2) is 99.2 Å². The van der Waals surface area contributed by atoms with Crippen LogP contribution >= 0.6 is 0 Å². The number of carbonyl (C=O) groups excluding carboxylic acids is 3. The number of likely N-dealkylation sites (tertiary alicyclic amines) is 1. The highest BCUT2D eigenvalue weighted by molar-refractivity contribution is 6.03. The van der Waals surface area contributed by atoms with Gasteiger partial charge in [-0.2, -0.15) is 5.06 Å². The third-order valence-electron chi connectivity index (χ3n) is 3.90. The Morgan fingerprint density at radius 1 is 1.10 bits per heavy atom. The van der Waals surface area contributed by atoms with Crippen LogP contribution in [0.1, 0.15) is 33.6 Å². The number of likely N-dealkylation sites (N-methyl/N-ethyl adjacent to an activating group) is 1. The highest BCUT2D eigenvalue weighted by Crippen LogP contribution is 2.17. The molecule has 0 aromatic carbocycles. The second kappa shape index (κ2) is 17.3. The summed E-state index contributed by atoms with van der Waals surface area (Å²) >= 11 is 0. The molecule has 10 nitrogen and oxygen atoms in total. The molecule has 0 radical (unpaired) electrons. The van der Waals surface area contributed by atoms with E-state index < -0.39 is 0 Å². The molecule has 29 heavy (non-hydrogen) atoms.